The molecule has 1 atom stereocenters. The van der Waals surface area contributed by atoms with Crippen LogP contribution in [0.5, 0.6) is 11.5 Å². The SMILES string of the molecule is CC/C(=C(\c1ccc(O)cc1)c1ccc(OCC(O)CNC2CCCC2)cc1)c1ccccc1. The predicted octanol–water partition coefficient (Wildman–Crippen LogP) is 6.03. The summed E-state index contributed by atoms with van der Waals surface area (Å²) in [4.78, 5) is 0. The highest BCUT2D eigenvalue weighted by Gasteiger charge is 2.16. The number of aliphatic hydroxyl groups is 1. The molecule has 4 heteroatoms. The molecule has 0 bridgehead atoms. The summed E-state index contributed by atoms with van der Waals surface area (Å²) >= 11 is 0. The first-order valence-corrected chi connectivity index (χ1v) is 12.4. The van der Waals surface area contributed by atoms with Crippen molar-refractivity contribution >= 4 is 11.1 Å². The predicted molar refractivity (Wildman–Crippen MR) is 139 cm³/mol. The lowest BCUT2D eigenvalue weighted by atomic mass is 9.88. The largest absolute Gasteiger partial charge is 0.508 e. The van der Waals surface area contributed by atoms with Crippen molar-refractivity contribution in [3.05, 3.63) is 95.6 Å². The van der Waals surface area contributed by atoms with Crippen LogP contribution in [-0.2, 0) is 0 Å². The summed E-state index contributed by atoms with van der Waals surface area (Å²) in [5, 5.41) is 23.5. The van der Waals surface area contributed by atoms with Crippen LogP contribution in [0.2, 0.25) is 0 Å². The maximum absolute atomic E-state index is 10.3. The Balaban J connectivity index is 1.52. The fourth-order valence-electron chi connectivity index (χ4n) is 4.71. The molecule has 3 N–H and O–H groups in total. The summed E-state index contributed by atoms with van der Waals surface area (Å²) in [6, 6.07) is 26.4. The van der Waals surface area contributed by atoms with Crippen LogP contribution in [0.25, 0.3) is 11.1 Å². The lowest BCUT2D eigenvalue weighted by Crippen LogP contribution is -2.36. The van der Waals surface area contributed by atoms with Gasteiger partial charge in [-0.25, -0.2) is 0 Å². The van der Waals surface area contributed by atoms with E-state index in [1.165, 1.54) is 36.8 Å². The molecule has 3 aromatic rings. The molecule has 4 nitrogen and oxygen atoms in total. The minimum Gasteiger partial charge on any atom is -0.508 e. The van der Waals surface area contributed by atoms with E-state index >= 15 is 0 Å². The number of phenolic OH excluding ortho intramolecular Hbond substituents is 1. The molecule has 0 aromatic heterocycles. The molecule has 0 heterocycles. The zero-order valence-electron chi connectivity index (χ0n) is 19.9. The minimum atomic E-state index is -0.530. The molecular weight excluding hydrogens is 422 g/mol. The minimum absolute atomic E-state index is 0.255. The zero-order valence-corrected chi connectivity index (χ0v) is 19.9. The van der Waals surface area contributed by atoms with Gasteiger partial charge in [-0.15, -0.1) is 0 Å². The second-order valence-electron chi connectivity index (χ2n) is 9.00. The van der Waals surface area contributed by atoms with Gasteiger partial charge in [-0.05, 0) is 71.4 Å². The molecule has 1 aliphatic carbocycles. The van der Waals surface area contributed by atoms with Gasteiger partial charge in [0.2, 0.25) is 0 Å². The van der Waals surface area contributed by atoms with Gasteiger partial charge in [-0.3, -0.25) is 0 Å². The van der Waals surface area contributed by atoms with E-state index in [9.17, 15) is 10.2 Å². The van der Waals surface area contributed by atoms with Gasteiger partial charge in [-0.1, -0.05) is 74.4 Å². The van der Waals surface area contributed by atoms with E-state index in [1.807, 2.05) is 30.3 Å². The Labute approximate surface area is 202 Å². The first-order valence-electron chi connectivity index (χ1n) is 12.4. The summed E-state index contributed by atoms with van der Waals surface area (Å²) in [5.41, 5.74) is 5.71. The quantitative estimate of drug-likeness (QED) is 0.325. The lowest BCUT2D eigenvalue weighted by molar-refractivity contribution is 0.104. The molecule has 0 aliphatic heterocycles. The number of hydrogen-bond acceptors (Lipinski definition) is 4. The third-order valence-electron chi connectivity index (χ3n) is 6.52. The molecule has 1 fully saturated rings. The molecule has 1 saturated carbocycles. The average Bonchev–Trinajstić information content (AvgIpc) is 3.40. The maximum atomic E-state index is 10.3. The van der Waals surface area contributed by atoms with E-state index in [4.69, 9.17) is 4.74 Å². The molecule has 4 rings (SSSR count). The molecule has 1 unspecified atom stereocenters. The first-order chi connectivity index (χ1) is 16.6. The van der Waals surface area contributed by atoms with Crippen LogP contribution in [0.1, 0.15) is 55.7 Å². The van der Waals surface area contributed by atoms with Crippen molar-refractivity contribution in [2.45, 2.75) is 51.2 Å². The van der Waals surface area contributed by atoms with Gasteiger partial charge in [0.05, 0.1) is 0 Å². The number of benzene rings is 3. The van der Waals surface area contributed by atoms with Crippen molar-refractivity contribution in [3.8, 4) is 11.5 Å². The highest BCUT2D eigenvalue weighted by Crippen LogP contribution is 2.35. The Hall–Kier alpha value is -3.08. The highest BCUT2D eigenvalue weighted by molar-refractivity contribution is 5.98. The topological polar surface area (TPSA) is 61.7 Å². The van der Waals surface area contributed by atoms with Crippen LogP contribution >= 0.6 is 0 Å². The van der Waals surface area contributed by atoms with E-state index < -0.39 is 6.10 Å². The number of rotatable bonds is 10. The third kappa shape index (κ3) is 6.28. The Morgan fingerprint density at radius 1 is 0.882 bits per heavy atom. The Kier molecular flexibility index (Phi) is 8.40. The summed E-state index contributed by atoms with van der Waals surface area (Å²) in [7, 11) is 0. The number of aromatic hydroxyl groups is 1. The Bertz CT molecular complexity index is 1050. The number of aliphatic hydroxyl groups excluding tert-OH is 1. The zero-order chi connectivity index (χ0) is 23.8. The van der Waals surface area contributed by atoms with Gasteiger partial charge in [0.25, 0.3) is 0 Å². The number of hydrogen-bond donors (Lipinski definition) is 3. The number of nitrogens with one attached hydrogen (secondary N) is 1. The van der Waals surface area contributed by atoms with E-state index in [2.05, 4.69) is 48.6 Å². The second kappa shape index (κ2) is 11.9. The number of ether oxygens (including phenoxy) is 1. The number of phenols is 1. The highest BCUT2D eigenvalue weighted by atomic mass is 16.5. The fourth-order valence-corrected chi connectivity index (χ4v) is 4.71. The van der Waals surface area contributed by atoms with Gasteiger partial charge in [0, 0.05) is 12.6 Å². The van der Waals surface area contributed by atoms with Gasteiger partial charge >= 0.3 is 0 Å². The van der Waals surface area contributed by atoms with E-state index in [0.29, 0.717) is 12.6 Å². The van der Waals surface area contributed by atoms with Crippen molar-refractivity contribution in [2.24, 2.45) is 0 Å². The maximum Gasteiger partial charge on any atom is 0.119 e. The monoisotopic (exact) mass is 457 g/mol. The molecule has 3 aromatic carbocycles. The van der Waals surface area contributed by atoms with Gasteiger partial charge < -0.3 is 20.3 Å². The van der Waals surface area contributed by atoms with Crippen molar-refractivity contribution in [2.75, 3.05) is 13.2 Å². The third-order valence-corrected chi connectivity index (χ3v) is 6.52. The van der Waals surface area contributed by atoms with Gasteiger partial charge in [0.1, 0.15) is 24.2 Å². The summed E-state index contributed by atoms with van der Waals surface area (Å²) < 4.78 is 5.87. The molecule has 0 saturated heterocycles. The van der Waals surface area contributed by atoms with Gasteiger partial charge in [-0.2, -0.15) is 0 Å². The summed E-state index contributed by atoms with van der Waals surface area (Å²) in [6.07, 6.45) is 5.31. The number of allylic oxidation sites excluding steroid dienone is 1. The molecule has 0 amide bonds. The molecule has 0 spiro atoms. The summed E-state index contributed by atoms with van der Waals surface area (Å²) in [6.45, 7) is 3.00. The van der Waals surface area contributed by atoms with Crippen LogP contribution in [0, 0.1) is 0 Å². The van der Waals surface area contributed by atoms with Crippen molar-refractivity contribution in [1.82, 2.24) is 5.32 Å². The Morgan fingerprint density at radius 2 is 1.50 bits per heavy atom. The van der Waals surface area contributed by atoms with Gasteiger partial charge in [0.15, 0.2) is 0 Å². The molecule has 34 heavy (non-hydrogen) atoms. The van der Waals surface area contributed by atoms with Crippen molar-refractivity contribution in [3.63, 3.8) is 0 Å². The Morgan fingerprint density at radius 3 is 2.12 bits per heavy atom. The second-order valence-corrected chi connectivity index (χ2v) is 9.00. The van der Waals surface area contributed by atoms with E-state index in [1.54, 1.807) is 12.1 Å². The van der Waals surface area contributed by atoms with Crippen LogP contribution in [0.3, 0.4) is 0 Å². The summed E-state index contributed by atoms with van der Waals surface area (Å²) in [5.74, 6) is 0.997. The smallest absolute Gasteiger partial charge is 0.119 e. The fraction of sp³-hybridized carbons (Fsp3) is 0.333. The first kappa shape index (κ1) is 24.1. The standard InChI is InChI=1S/C30H35NO3/c1-2-29(22-8-4-3-5-9-22)30(23-12-16-26(32)17-13-23)24-14-18-28(19-15-24)34-21-27(33)20-31-25-10-6-7-11-25/h3-5,8-9,12-19,25,27,31-33H,2,6-7,10-11,20-21H2,1H3/b30-29-. The van der Waals surface area contributed by atoms with Crippen molar-refractivity contribution < 1.29 is 14.9 Å². The van der Waals surface area contributed by atoms with Crippen LogP contribution < -0.4 is 10.1 Å². The van der Waals surface area contributed by atoms with E-state index in [-0.39, 0.29) is 12.4 Å². The molecule has 1 aliphatic rings. The normalized spacial score (nSPS) is 15.7. The van der Waals surface area contributed by atoms with Crippen LogP contribution in [0.4, 0.5) is 0 Å². The molecule has 178 valence electrons. The van der Waals surface area contributed by atoms with E-state index in [0.717, 1.165) is 28.9 Å². The molecular formula is C30H35NO3. The lowest BCUT2D eigenvalue weighted by Gasteiger charge is -2.18. The van der Waals surface area contributed by atoms with Crippen LogP contribution in [0.15, 0.2) is 78.9 Å². The average molecular weight is 458 g/mol. The molecule has 0 radical (unpaired) electrons. The van der Waals surface area contributed by atoms with Crippen LogP contribution in [-0.4, -0.2) is 35.5 Å². The van der Waals surface area contributed by atoms with Crippen molar-refractivity contribution in [1.29, 1.82) is 0 Å².